The monoisotopic (exact) mass is 390 g/mol. The van der Waals surface area contributed by atoms with Crippen LogP contribution in [0, 0.1) is 33.6 Å². The molecule has 0 saturated carbocycles. The van der Waals surface area contributed by atoms with Crippen molar-refractivity contribution in [2.45, 2.75) is 45.4 Å². The average molecular weight is 391 g/mol. The zero-order chi connectivity index (χ0) is 19.8. The number of hydrogen-bond donors (Lipinski definition) is 2. The Morgan fingerprint density at radius 3 is 2.26 bits per heavy atom. The first-order chi connectivity index (χ1) is 12.7. The molecule has 1 aromatic heterocycles. The van der Waals surface area contributed by atoms with Crippen LogP contribution >= 0.6 is 0 Å². The zero-order valence-electron chi connectivity index (χ0n) is 16.2. The van der Waals surface area contributed by atoms with E-state index in [1.54, 1.807) is 12.4 Å². The van der Waals surface area contributed by atoms with Crippen LogP contribution in [0.3, 0.4) is 0 Å². The van der Waals surface area contributed by atoms with Gasteiger partial charge in [0.1, 0.15) is 0 Å². The summed E-state index contributed by atoms with van der Waals surface area (Å²) in [7, 11) is -3.58. The lowest BCUT2D eigenvalue weighted by Gasteiger charge is -2.31. The molecular weight excluding hydrogens is 364 g/mol. The van der Waals surface area contributed by atoms with Gasteiger partial charge in [-0.25, -0.2) is 8.42 Å². The van der Waals surface area contributed by atoms with Gasteiger partial charge in [-0.1, -0.05) is 6.07 Å². The van der Waals surface area contributed by atoms with Crippen molar-refractivity contribution in [2.24, 2.45) is 5.92 Å². The van der Waals surface area contributed by atoms with E-state index in [1.807, 2.05) is 33.8 Å². The Morgan fingerprint density at radius 2 is 1.74 bits per heavy atom. The first-order valence-corrected chi connectivity index (χ1v) is 10.5. The predicted molar refractivity (Wildman–Crippen MR) is 104 cm³/mol. The summed E-state index contributed by atoms with van der Waals surface area (Å²) >= 11 is 0. The molecule has 1 aliphatic rings. The molecule has 27 heavy (non-hydrogen) atoms. The van der Waals surface area contributed by atoms with Crippen LogP contribution < -0.4 is 5.32 Å². The van der Waals surface area contributed by atoms with E-state index in [2.05, 4.69) is 15.5 Å². The number of anilines is 1. The lowest BCUT2D eigenvalue weighted by molar-refractivity contribution is -0.120. The SMILES string of the molecule is Cc1cc(C)c(C)c(S(=O)(=O)N2CCC(C(=O)Nc3cn[nH]c3)CC2)c1C. The summed E-state index contributed by atoms with van der Waals surface area (Å²) in [5.74, 6) is -0.292. The number of aryl methyl sites for hydroxylation is 2. The number of aromatic nitrogens is 2. The number of carbonyl (C=O) groups excluding carboxylic acids is 1. The smallest absolute Gasteiger partial charge is 0.243 e. The molecule has 0 bridgehead atoms. The van der Waals surface area contributed by atoms with Crippen LogP contribution in [0.5, 0.6) is 0 Å². The summed E-state index contributed by atoms with van der Waals surface area (Å²) in [6.45, 7) is 8.29. The predicted octanol–water partition coefficient (Wildman–Crippen LogP) is 2.68. The Morgan fingerprint density at radius 1 is 1.15 bits per heavy atom. The van der Waals surface area contributed by atoms with Crippen molar-refractivity contribution in [1.29, 1.82) is 0 Å². The van der Waals surface area contributed by atoms with Gasteiger partial charge in [0.2, 0.25) is 15.9 Å². The standard InChI is InChI=1S/C19H26N4O3S/c1-12-9-13(2)15(4)18(14(12)3)27(25,26)23-7-5-16(6-8-23)19(24)22-17-10-20-21-11-17/h9-11,16H,5-8H2,1-4H3,(H,20,21)(H,22,24). The Balaban J connectivity index is 1.75. The summed E-state index contributed by atoms with van der Waals surface area (Å²) in [5.41, 5.74) is 4.18. The highest BCUT2D eigenvalue weighted by Gasteiger charge is 2.34. The third-order valence-electron chi connectivity index (χ3n) is 5.49. The molecule has 0 spiro atoms. The van der Waals surface area contributed by atoms with Crippen molar-refractivity contribution in [3.05, 3.63) is 40.7 Å². The van der Waals surface area contributed by atoms with Crippen LogP contribution in [-0.2, 0) is 14.8 Å². The van der Waals surface area contributed by atoms with Gasteiger partial charge in [0.15, 0.2) is 0 Å². The van der Waals surface area contributed by atoms with Gasteiger partial charge in [-0.05, 0) is 62.8 Å². The number of hydrogen-bond acceptors (Lipinski definition) is 4. The van der Waals surface area contributed by atoms with Gasteiger partial charge in [-0.3, -0.25) is 9.89 Å². The van der Waals surface area contributed by atoms with Crippen LogP contribution in [0.2, 0.25) is 0 Å². The van der Waals surface area contributed by atoms with Crippen molar-refractivity contribution in [3.8, 4) is 0 Å². The molecule has 0 unspecified atom stereocenters. The molecule has 146 valence electrons. The highest BCUT2D eigenvalue weighted by atomic mass is 32.2. The maximum Gasteiger partial charge on any atom is 0.243 e. The largest absolute Gasteiger partial charge is 0.323 e. The summed E-state index contributed by atoms with van der Waals surface area (Å²) in [6.07, 6.45) is 4.17. The van der Waals surface area contributed by atoms with E-state index in [1.165, 1.54) is 4.31 Å². The first kappa shape index (κ1) is 19.6. The molecule has 0 atom stereocenters. The number of benzene rings is 1. The summed E-state index contributed by atoms with van der Waals surface area (Å²) < 4.78 is 28.1. The molecule has 2 N–H and O–H groups in total. The van der Waals surface area contributed by atoms with Crippen molar-refractivity contribution in [2.75, 3.05) is 18.4 Å². The van der Waals surface area contributed by atoms with Crippen LogP contribution in [0.4, 0.5) is 5.69 Å². The van der Waals surface area contributed by atoms with Crippen LogP contribution in [0.15, 0.2) is 23.4 Å². The van der Waals surface area contributed by atoms with Crippen molar-refractivity contribution >= 4 is 21.6 Å². The fourth-order valence-electron chi connectivity index (χ4n) is 3.62. The molecule has 8 heteroatoms. The lowest BCUT2D eigenvalue weighted by atomic mass is 9.97. The molecule has 1 aromatic carbocycles. The Bertz CT molecular complexity index is 918. The normalized spacial score (nSPS) is 16.4. The van der Waals surface area contributed by atoms with Gasteiger partial charge >= 0.3 is 0 Å². The zero-order valence-corrected chi connectivity index (χ0v) is 17.0. The molecule has 7 nitrogen and oxygen atoms in total. The molecule has 2 aromatic rings. The average Bonchev–Trinajstić information content (AvgIpc) is 3.13. The minimum absolute atomic E-state index is 0.0905. The number of carbonyl (C=O) groups is 1. The van der Waals surface area contributed by atoms with E-state index in [0.29, 0.717) is 36.5 Å². The van der Waals surface area contributed by atoms with Crippen molar-refractivity contribution in [3.63, 3.8) is 0 Å². The first-order valence-electron chi connectivity index (χ1n) is 9.09. The van der Waals surface area contributed by atoms with E-state index in [4.69, 9.17) is 0 Å². The number of piperidine rings is 1. The Kier molecular flexibility index (Phi) is 5.39. The maximum atomic E-state index is 13.3. The molecule has 1 aliphatic heterocycles. The highest BCUT2D eigenvalue weighted by Crippen LogP contribution is 2.31. The number of nitrogens with one attached hydrogen (secondary N) is 2. The molecular formula is C19H26N4O3S. The second kappa shape index (κ2) is 7.44. The Hall–Kier alpha value is -2.19. The summed E-state index contributed by atoms with van der Waals surface area (Å²) in [4.78, 5) is 12.8. The quantitative estimate of drug-likeness (QED) is 0.839. The molecule has 0 aliphatic carbocycles. The molecule has 0 radical (unpaired) electrons. The van der Waals surface area contributed by atoms with Gasteiger partial charge in [-0.15, -0.1) is 0 Å². The second-order valence-electron chi connectivity index (χ2n) is 7.24. The van der Waals surface area contributed by atoms with Crippen LogP contribution in [-0.4, -0.2) is 41.9 Å². The van der Waals surface area contributed by atoms with Crippen LogP contribution in [0.25, 0.3) is 0 Å². The van der Waals surface area contributed by atoms with Gasteiger partial charge in [0.05, 0.1) is 16.8 Å². The Labute approximate surface area is 160 Å². The van der Waals surface area contributed by atoms with E-state index in [9.17, 15) is 13.2 Å². The van der Waals surface area contributed by atoms with E-state index in [0.717, 1.165) is 22.3 Å². The number of aromatic amines is 1. The third-order valence-corrected chi connectivity index (χ3v) is 7.66. The lowest BCUT2D eigenvalue weighted by Crippen LogP contribution is -2.41. The number of sulfonamides is 1. The van der Waals surface area contributed by atoms with E-state index >= 15 is 0 Å². The maximum absolute atomic E-state index is 13.3. The van der Waals surface area contributed by atoms with Gasteiger partial charge in [0, 0.05) is 25.2 Å². The molecule has 1 fully saturated rings. The minimum atomic E-state index is -3.58. The van der Waals surface area contributed by atoms with Gasteiger partial charge < -0.3 is 5.32 Å². The number of H-pyrrole nitrogens is 1. The summed E-state index contributed by atoms with van der Waals surface area (Å²) in [6, 6.07) is 2.02. The minimum Gasteiger partial charge on any atom is -0.323 e. The van der Waals surface area contributed by atoms with Crippen molar-refractivity contribution < 1.29 is 13.2 Å². The van der Waals surface area contributed by atoms with Crippen molar-refractivity contribution in [1.82, 2.24) is 14.5 Å². The molecule has 1 saturated heterocycles. The van der Waals surface area contributed by atoms with Crippen LogP contribution in [0.1, 0.15) is 35.1 Å². The number of nitrogens with zero attached hydrogens (tertiary/aromatic N) is 2. The topological polar surface area (TPSA) is 95.2 Å². The number of rotatable bonds is 4. The molecule has 3 rings (SSSR count). The highest BCUT2D eigenvalue weighted by molar-refractivity contribution is 7.89. The van der Waals surface area contributed by atoms with E-state index in [-0.39, 0.29) is 11.8 Å². The second-order valence-corrected chi connectivity index (χ2v) is 9.12. The van der Waals surface area contributed by atoms with Gasteiger partial charge in [0.25, 0.3) is 0 Å². The molecule has 1 amide bonds. The van der Waals surface area contributed by atoms with E-state index < -0.39 is 10.0 Å². The number of amides is 1. The third kappa shape index (κ3) is 3.77. The van der Waals surface area contributed by atoms with Gasteiger partial charge in [-0.2, -0.15) is 9.40 Å². The summed E-state index contributed by atoms with van der Waals surface area (Å²) in [5, 5.41) is 9.26. The fraction of sp³-hybridized carbons (Fsp3) is 0.474. The molecule has 2 heterocycles. The fourth-order valence-corrected chi connectivity index (χ4v) is 5.66.